The van der Waals surface area contributed by atoms with Crippen LogP contribution in [0.5, 0.6) is 5.75 Å². The zero-order valence-corrected chi connectivity index (χ0v) is 12.9. The van der Waals surface area contributed by atoms with Crippen LogP contribution < -0.4 is 4.74 Å². The van der Waals surface area contributed by atoms with Gasteiger partial charge >= 0.3 is 0 Å². The molecule has 1 aliphatic heterocycles. The van der Waals surface area contributed by atoms with E-state index < -0.39 is 0 Å². The summed E-state index contributed by atoms with van der Waals surface area (Å²) in [5, 5.41) is 4.12. The lowest BCUT2D eigenvalue weighted by Gasteiger charge is -2.26. The Morgan fingerprint density at radius 2 is 2.35 bits per heavy atom. The van der Waals surface area contributed by atoms with Crippen molar-refractivity contribution in [2.45, 2.75) is 38.8 Å². The summed E-state index contributed by atoms with van der Waals surface area (Å²) < 4.78 is 11.1. The number of ether oxygens (including phenoxy) is 1. The van der Waals surface area contributed by atoms with Gasteiger partial charge in [-0.25, -0.2) is 0 Å². The van der Waals surface area contributed by atoms with Crippen LogP contribution >= 0.6 is 0 Å². The molecule has 0 saturated heterocycles. The summed E-state index contributed by atoms with van der Waals surface area (Å²) in [5.41, 5.74) is 1.78. The molecule has 0 unspecified atom stereocenters. The Morgan fingerprint density at radius 1 is 1.43 bits per heavy atom. The van der Waals surface area contributed by atoms with Gasteiger partial charge in [0, 0.05) is 31.1 Å². The molecule has 2 aromatic rings. The number of carbonyl (C=O) groups is 1. The Hall–Kier alpha value is -2.37. The Bertz CT molecular complexity index is 694. The average molecular weight is 313 g/mol. The van der Waals surface area contributed by atoms with Gasteiger partial charge in [0.15, 0.2) is 0 Å². The van der Waals surface area contributed by atoms with E-state index in [9.17, 15) is 4.79 Å². The zero-order chi connectivity index (χ0) is 15.6. The molecule has 0 radical (unpaired) electrons. The van der Waals surface area contributed by atoms with Crippen LogP contribution in [0.2, 0.25) is 0 Å². The number of pyridine rings is 1. The molecule has 0 aromatic carbocycles. The van der Waals surface area contributed by atoms with Crippen molar-refractivity contribution in [2.75, 3.05) is 6.54 Å². The minimum atomic E-state index is 0.249. The highest BCUT2D eigenvalue weighted by Gasteiger charge is 2.31. The number of hydrogen-bond donors (Lipinski definition) is 0. The van der Waals surface area contributed by atoms with Gasteiger partial charge in [0.05, 0.1) is 12.7 Å². The van der Waals surface area contributed by atoms with Crippen LogP contribution in [0.25, 0.3) is 0 Å². The largest absolute Gasteiger partial charge is 0.486 e. The Labute approximate surface area is 134 Å². The molecule has 2 aromatic heterocycles. The molecule has 6 heteroatoms. The Kier molecular flexibility index (Phi) is 3.73. The van der Waals surface area contributed by atoms with E-state index in [0.29, 0.717) is 31.2 Å². The molecule has 3 heterocycles. The summed E-state index contributed by atoms with van der Waals surface area (Å²) in [5.74, 6) is 2.44. The molecule has 1 fully saturated rings. The number of carbonyl (C=O) groups excluding carboxylic acids is 1. The normalized spacial score (nSPS) is 17.0. The van der Waals surface area contributed by atoms with Crippen LogP contribution in [-0.4, -0.2) is 27.5 Å². The predicted molar refractivity (Wildman–Crippen MR) is 81.5 cm³/mol. The molecule has 0 atom stereocenters. The van der Waals surface area contributed by atoms with Gasteiger partial charge in [-0.15, -0.1) is 0 Å². The highest BCUT2D eigenvalue weighted by Crippen LogP contribution is 2.33. The molecule has 4 rings (SSSR count). The lowest BCUT2D eigenvalue weighted by Crippen LogP contribution is -2.36. The maximum Gasteiger partial charge on any atom is 0.223 e. The summed E-state index contributed by atoms with van der Waals surface area (Å²) in [6.07, 6.45) is 7.17. The number of hydrogen-bond acceptors (Lipinski definition) is 5. The van der Waals surface area contributed by atoms with Crippen molar-refractivity contribution in [3.63, 3.8) is 0 Å². The van der Waals surface area contributed by atoms with Crippen LogP contribution in [0.4, 0.5) is 0 Å². The van der Waals surface area contributed by atoms with Gasteiger partial charge in [0.2, 0.25) is 5.91 Å². The van der Waals surface area contributed by atoms with Crippen LogP contribution in [0.3, 0.4) is 0 Å². The third-order valence-electron chi connectivity index (χ3n) is 4.43. The van der Waals surface area contributed by atoms with Crippen molar-refractivity contribution < 1.29 is 14.1 Å². The maximum absolute atomic E-state index is 12.3. The monoisotopic (exact) mass is 313 g/mol. The number of amides is 1. The molecule has 120 valence electrons. The van der Waals surface area contributed by atoms with Crippen molar-refractivity contribution in [1.82, 2.24) is 15.0 Å². The topological polar surface area (TPSA) is 68.5 Å². The van der Waals surface area contributed by atoms with E-state index in [1.165, 1.54) is 12.8 Å². The highest BCUT2D eigenvalue weighted by molar-refractivity contribution is 5.77. The fourth-order valence-corrected chi connectivity index (χ4v) is 2.87. The fraction of sp³-hybridized carbons (Fsp3) is 0.471. The van der Waals surface area contributed by atoms with E-state index in [0.717, 1.165) is 30.0 Å². The van der Waals surface area contributed by atoms with Gasteiger partial charge in [0.1, 0.15) is 23.8 Å². The van der Waals surface area contributed by atoms with Gasteiger partial charge in [-0.05, 0) is 30.9 Å². The average Bonchev–Trinajstić information content (AvgIpc) is 3.31. The van der Waals surface area contributed by atoms with Crippen molar-refractivity contribution in [1.29, 1.82) is 0 Å². The minimum Gasteiger partial charge on any atom is -0.486 e. The van der Waals surface area contributed by atoms with E-state index in [1.807, 2.05) is 17.0 Å². The number of fused-ring (bicyclic) bond motifs is 1. The summed E-state index contributed by atoms with van der Waals surface area (Å²) >= 11 is 0. The summed E-state index contributed by atoms with van der Waals surface area (Å²) in [6.45, 7) is 1.63. The van der Waals surface area contributed by atoms with E-state index in [4.69, 9.17) is 9.26 Å². The lowest BCUT2D eigenvalue weighted by atomic mass is 10.1. The number of aromatic nitrogens is 2. The van der Waals surface area contributed by atoms with Crippen molar-refractivity contribution >= 4 is 5.91 Å². The summed E-state index contributed by atoms with van der Waals surface area (Å²) in [4.78, 5) is 18.2. The van der Waals surface area contributed by atoms with E-state index in [1.54, 1.807) is 12.4 Å². The molecular formula is C17H19N3O3. The first-order valence-corrected chi connectivity index (χ1v) is 8.06. The molecule has 2 aliphatic rings. The smallest absolute Gasteiger partial charge is 0.223 e. The standard InChI is InChI=1S/C17H19N3O3/c21-17(8-12-3-4-12)20-7-5-16-14(10-20)15(19-23-16)11-22-13-2-1-6-18-9-13/h1-2,6,9,12H,3-5,7-8,10-11H2. The number of rotatable bonds is 5. The molecule has 0 spiro atoms. The van der Waals surface area contributed by atoms with Crippen LogP contribution in [0.15, 0.2) is 29.0 Å². The molecule has 1 saturated carbocycles. The Balaban J connectivity index is 1.42. The third kappa shape index (κ3) is 3.21. The quantitative estimate of drug-likeness (QED) is 0.847. The van der Waals surface area contributed by atoms with E-state index in [2.05, 4.69) is 10.1 Å². The van der Waals surface area contributed by atoms with Crippen LogP contribution in [0.1, 0.15) is 36.3 Å². The molecule has 0 N–H and O–H groups in total. The molecule has 23 heavy (non-hydrogen) atoms. The van der Waals surface area contributed by atoms with Crippen molar-refractivity contribution in [2.24, 2.45) is 5.92 Å². The fourth-order valence-electron chi connectivity index (χ4n) is 2.87. The van der Waals surface area contributed by atoms with Gasteiger partial charge in [-0.2, -0.15) is 0 Å². The second-order valence-electron chi connectivity index (χ2n) is 6.22. The Morgan fingerprint density at radius 3 is 3.13 bits per heavy atom. The number of nitrogens with zero attached hydrogens (tertiary/aromatic N) is 3. The second kappa shape index (κ2) is 6.02. The van der Waals surface area contributed by atoms with Crippen molar-refractivity contribution in [3.8, 4) is 5.75 Å². The minimum absolute atomic E-state index is 0.249. The van der Waals surface area contributed by atoms with Gasteiger partial charge < -0.3 is 14.2 Å². The predicted octanol–water partition coefficient (Wildman–Crippen LogP) is 2.33. The van der Waals surface area contributed by atoms with E-state index in [-0.39, 0.29) is 5.91 Å². The molecule has 1 amide bonds. The molecule has 0 bridgehead atoms. The van der Waals surface area contributed by atoms with Crippen LogP contribution in [-0.2, 0) is 24.4 Å². The summed E-state index contributed by atoms with van der Waals surface area (Å²) in [6, 6.07) is 3.68. The maximum atomic E-state index is 12.3. The molecule has 1 aliphatic carbocycles. The second-order valence-corrected chi connectivity index (χ2v) is 6.22. The van der Waals surface area contributed by atoms with Gasteiger partial charge in [-0.1, -0.05) is 5.16 Å². The van der Waals surface area contributed by atoms with Crippen LogP contribution in [0, 0.1) is 5.92 Å². The SMILES string of the molecule is O=C(CC1CC1)N1CCc2onc(COc3cccnc3)c2C1. The first kappa shape index (κ1) is 14.2. The molecular weight excluding hydrogens is 294 g/mol. The van der Waals surface area contributed by atoms with E-state index >= 15 is 0 Å². The molecule has 6 nitrogen and oxygen atoms in total. The summed E-state index contributed by atoms with van der Waals surface area (Å²) in [7, 11) is 0. The highest BCUT2D eigenvalue weighted by atomic mass is 16.5. The van der Waals surface area contributed by atoms with Gasteiger partial charge in [0.25, 0.3) is 0 Å². The first-order chi connectivity index (χ1) is 11.3. The lowest BCUT2D eigenvalue weighted by molar-refractivity contribution is -0.132. The first-order valence-electron chi connectivity index (χ1n) is 8.06. The van der Waals surface area contributed by atoms with Crippen molar-refractivity contribution in [3.05, 3.63) is 41.5 Å². The van der Waals surface area contributed by atoms with Gasteiger partial charge in [-0.3, -0.25) is 9.78 Å². The zero-order valence-electron chi connectivity index (χ0n) is 12.9. The third-order valence-corrected chi connectivity index (χ3v) is 4.43.